The normalized spacial score (nSPS) is 14.8. The van der Waals surface area contributed by atoms with Gasteiger partial charge in [-0.25, -0.2) is 0 Å². The highest BCUT2D eigenvalue weighted by atomic mass is 15.3. The molecule has 1 fully saturated rings. The summed E-state index contributed by atoms with van der Waals surface area (Å²) in [5.41, 5.74) is 5.68. The zero-order valence-corrected chi connectivity index (χ0v) is 28.6. The van der Waals surface area contributed by atoms with Crippen molar-refractivity contribution in [2.45, 2.75) is 200 Å². The van der Waals surface area contributed by atoms with Gasteiger partial charge in [0.2, 0.25) is 0 Å². The molecule has 0 unspecified atom stereocenters. The Balaban J connectivity index is 1.63. The van der Waals surface area contributed by atoms with Crippen molar-refractivity contribution in [3.63, 3.8) is 0 Å². The van der Waals surface area contributed by atoms with Gasteiger partial charge in [-0.15, -0.1) is 0 Å². The van der Waals surface area contributed by atoms with E-state index in [1.807, 2.05) is 0 Å². The van der Waals surface area contributed by atoms with E-state index in [1.165, 1.54) is 225 Å². The molecule has 3 heteroatoms. The summed E-state index contributed by atoms with van der Waals surface area (Å²) in [6.07, 6.45) is 44.2. The standard InChI is InChI=1S/C38H79N3/c1-2-3-4-5-6-7-8-9-10-11-12-13-14-15-16-17-18-19-20-21-22-23-24-25-26-27-28-29-30-31-33-40-35-37-41(34-32-39)38-36-40/h2-39H2,1H3. The first kappa shape index (κ1) is 38.9. The van der Waals surface area contributed by atoms with Gasteiger partial charge in [-0.3, -0.25) is 4.90 Å². The van der Waals surface area contributed by atoms with Crippen LogP contribution in [0.1, 0.15) is 200 Å². The Morgan fingerprint density at radius 1 is 0.317 bits per heavy atom. The summed E-state index contributed by atoms with van der Waals surface area (Å²) in [5, 5.41) is 0. The van der Waals surface area contributed by atoms with Gasteiger partial charge in [0.05, 0.1) is 0 Å². The average molecular weight is 578 g/mol. The molecule has 0 atom stereocenters. The largest absolute Gasteiger partial charge is 0.329 e. The van der Waals surface area contributed by atoms with E-state index in [9.17, 15) is 0 Å². The first-order valence-electron chi connectivity index (χ1n) is 19.5. The van der Waals surface area contributed by atoms with E-state index in [0.29, 0.717) is 0 Å². The van der Waals surface area contributed by atoms with Gasteiger partial charge in [0.15, 0.2) is 0 Å². The molecule has 41 heavy (non-hydrogen) atoms. The molecular formula is C38H79N3. The van der Waals surface area contributed by atoms with Crippen LogP contribution in [0.15, 0.2) is 0 Å². The third kappa shape index (κ3) is 28.4. The Morgan fingerprint density at radius 3 is 0.780 bits per heavy atom. The Morgan fingerprint density at radius 2 is 0.537 bits per heavy atom. The molecule has 0 bridgehead atoms. The SMILES string of the molecule is CCCCCCCCCCCCCCCCCCCCCCCCCCCCCCCCN1CCN(CCN)CC1. The summed E-state index contributed by atoms with van der Waals surface area (Å²) in [5.74, 6) is 0. The first-order valence-corrected chi connectivity index (χ1v) is 19.5. The molecule has 2 N–H and O–H groups in total. The van der Waals surface area contributed by atoms with Gasteiger partial charge >= 0.3 is 0 Å². The lowest BCUT2D eigenvalue weighted by molar-refractivity contribution is 0.133. The quantitative estimate of drug-likeness (QED) is 0.0787. The van der Waals surface area contributed by atoms with E-state index in [-0.39, 0.29) is 0 Å². The van der Waals surface area contributed by atoms with Crippen LogP contribution in [-0.2, 0) is 0 Å². The lowest BCUT2D eigenvalue weighted by atomic mass is 10.0. The molecule has 0 aromatic rings. The minimum Gasteiger partial charge on any atom is -0.329 e. The average Bonchev–Trinajstić information content (AvgIpc) is 2.99. The van der Waals surface area contributed by atoms with Crippen molar-refractivity contribution in [2.75, 3.05) is 45.8 Å². The van der Waals surface area contributed by atoms with Crippen molar-refractivity contribution in [2.24, 2.45) is 5.73 Å². The van der Waals surface area contributed by atoms with Gasteiger partial charge < -0.3 is 10.6 Å². The van der Waals surface area contributed by atoms with Crippen molar-refractivity contribution in [1.82, 2.24) is 9.80 Å². The first-order chi connectivity index (χ1) is 20.4. The minimum atomic E-state index is 0.805. The van der Waals surface area contributed by atoms with Crippen LogP contribution in [0.25, 0.3) is 0 Å². The fraction of sp³-hybridized carbons (Fsp3) is 1.00. The molecule has 0 amide bonds. The van der Waals surface area contributed by atoms with E-state index in [1.54, 1.807) is 0 Å². The van der Waals surface area contributed by atoms with Crippen LogP contribution < -0.4 is 5.73 Å². The fourth-order valence-electron chi connectivity index (χ4n) is 6.78. The summed E-state index contributed by atoms with van der Waals surface area (Å²) < 4.78 is 0. The summed E-state index contributed by atoms with van der Waals surface area (Å²) in [6, 6.07) is 0. The molecule has 0 spiro atoms. The molecule has 0 radical (unpaired) electrons. The number of nitrogens with zero attached hydrogens (tertiary/aromatic N) is 2. The van der Waals surface area contributed by atoms with Crippen molar-refractivity contribution < 1.29 is 0 Å². The van der Waals surface area contributed by atoms with Gasteiger partial charge in [0.25, 0.3) is 0 Å². The lowest BCUT2D eigenvalue weighted by Crippen LogP contribution is -2.47. The molecule has 1 saturated heterocycles. The van der Waals surface area contributed by atoms with Crippen LogP contribution in [-0.4, -0.2) is 55.6 Å². The van der Waals surface area contributed by atoms with Gasteiger partial charge in [-0.2, -0.15) is 0 Å². The van der Waals surface area contributed by atoms with E-state index in [0.717, 1.165) is 13.1 Å². The number of hydrogen-bond acceptors (Lipinski definition) is 3. The van der Waals surface area contributed by atoms with Crippen molar-refractivity contribution in [3.05, 3.63) is 0 Å². The van der Waals surface area contributed by atoms with Crippen molar-refractivity contribution in [3.8, 4) is 0 Å². The van der Waals surface area contributed by atoms with Crippen LogP contribution in [0, 0.1) is 0 Å². The molecule has 0 aromatic heterocycles. The van der Waals surface area contributed by atoms with Crippen LogP contribution in [0.4, 0.5) is 0 Å². The summed E-state index contributed by atoms with van der Waals surface area (Å²) >= 11 is 0. The van der Waals surface area contributed by atoms with E-state index >= 15 is 0 Å². The van der Waals surface area contributed by atoms with Crippen LogP contribution in [0.5, 0.6) is 0 Å². The molecular weight excluding hydrogens is 498 g/mol. The second-order valence-corrected chi connectivity index (χ2v) is 13.7. The zero-order chi connectivity index (χ0) is 29.3. The predicted octanol–water partition coefficient (Wildman–Crippen LogP) is 11.3. The Bertz CT molecular complexity index is 474. The molecule has 1 aliphatic rings. The van der Waals surface area contributed by atoms with E-state index < -0.39 is 0 Å². The second kappa shape index (κ2) is 32.8. The Hall–Kier alpha value is -0.120. The lowest BCUT2D eigenvalue weighted by Gasteiger charge is -2.34. The Labute approximate surface area is 260 Å². The highest BCUT2D eigenvalue weighted by Gasteiger charge is 2.15. The number of unbranched alkanes of at least 4 members (excludes halogenated alkanes) is 29. The van der Waals surface area contributed by atoms with Gasteiger partial charge in [-0.05, 0) is 13.0 Å². The molecule has 1 rings (SSSR count). The molecule has 1 heterocycles. The predicted molar refractivity (Wildman–Crippen MR) is 186 cm³/mol. The van der Waals surface area contributed by atoms with Crippen LogP contribution in [0.2, 0.25) is 0 Å². The maximum absolute atomic E-state index is 5.68. The van der Waals surface area contributed by atoms with Gasteiger partial charge in [0.1, 0.15) is 0 Å². The topological polar surface area (TPSA) is 32.5 Å². The monoisotopic (exact) mass is 578 g/mol. The third-order valence-electron chi connectivity index (χ3n) is 9.74. The molecule has 0 saturated carbocycles. The summed E-state index contributed by atoms with van der Waals surface area (Å²) in [4.78, 5) is 5.17. The van der Waals surface area contributed by atoms with Crippen molar-refractivity contribution in [1.29, 1.82) is 0 Å². The Kier molecular flexibility index (Phi) is 31.1. The summed E-state index contributed by atoms with van der Waals surface area (Å²) in [7, 11) is 0. The van der Waals surface area contributed by atoms with Gasteiger partial charge in [0, 0.05) is 39.3 Å². The van der Waals surface area contributed by atoms with Crippen LogP contribution in [0.3, 0.4) is 0 Å². The molecule has 0 aromatic carbocycles. The smallest absolute Gasteiger partial charge is 0.0110 e. The molecule has 1 aliphatic heterocycles. The minimum absolute atomic E-state index is 0.805. The third-order valence-corrected chi connectivity index (χ3v) is 9.74. The number of rotatable bonds is 33. The molecule has 0 aliphatic carbocycles. The highest BCUT2D eigenvalue weighted by Crippen LogP contribution is 2.16. The van der Waals surface area contributed by atoms with E-state index in [2.05, 4.69) is 16.7 Å². The second-order valence-electron chi connectivity index (χ2n) is 13.7. The number of piperazine rings is 1. The maximum Gasteiger partial charge on any atom is 0.0110 e. The maximum atomic E-state index is 5.68. The molecule has 3 nitrogen and oxygen atoms in total. The van der Waals surface area contributed by atoms with Crippen molar-refractivity contribution >= 4 is 0 Å². The zero-order valence-electron chi connectivity index (χ0n) is 28.6. The summed E-state index contributed by atoms with van der Waals surface area (Å²) in [6.45, 7) is 10.4. The number of nitrogens with two attached hydrogens (primary N) is 1. The van der Waals surface area contributed by atoms with Crippen LogP contribution >= 0.6 is 0 Å². The fourth-order valence-corrected chi connectivity index (χ4v) is 6.78. The van der Waals surface area contributed by atoms with E-state index in [4.69, 9.17) is 5.73 Å². The highest BCUT2D eigenvalue weighted by molar-refractivity contribution is 4.71. The molecule has 246 valence electrons. The number of hydrogen-bond donors (Lipinski definition) is 1. The van der Waals surface area contributed by atoms with Gasteiger partial charge in [-0.1, -0.05) is 193 Å².